The van der Waals surface area contributed by atoms with Crippen molar-refractivity contribution in [2.24, 2.45) is 5.73 Å². The lowest BCUT2D eigenvalue weighted by molar-refractivity contribution is 0.100. The minimum absolute atomic E-state index is 0.0108. The molecule has 3 heterocycles. The average Bonchev–Trinajstić information content (AvgIpc) is 3.61. The molecule has 0 fully saturated rings. The number of anilines is 4. The molecule has 3 aromatic heterocycles. The highest BCUT2D eigenvalue weighted by atomic mass is 32.2. The number of para-hydroxylation sites is 1. The van der Waals surface area contributed by atoms with E-state index < -0.39 is 15.9 Å². The standard InChI is InChI=1S/C22H25N9O5S.C2H6/c1-12(2)31-10-13(8-26-31)27-22-25-9-15(19(23)32)20(30-22)28-16-7-5-6-14(18(16)35-4)21-29-17(11-36-21)37(33,34)24-3;1-2/h5-12,24H,1-4H3,(H2,23,32)(H2,25,27,28,30);1-2H3. The molecule has 208 valence electrons. The van der Waals surface area contributed by atoms with Crippen LogP contribution in [0.4, 0.5) is 23.1 Å². The molecule has 4 rings (SSSR count). The largest absolute Gasteiger partial charge is 0.494 e. The summed E-state index contributed by atoms with van der Waals surface area (Å²) < 4.78 is 39.0. The normalized spacial score (nSPS) is 11.1. The van der Waals surface area contributed by atoms with Crippen molar-refractivity contribution in [3.8, 4) is 17.2 Å². The van der Waals surface area contributed by atoms with Gasteiger partial charge in [-0.25, -0.2) is 18.1 Å². The molecular formula is C24H31N9O5S. The number of methoxy groups -OCH3 is 1. The van der Waals surface area contributed by atoms with Crippen LogP contribution in [0.25, 0.3) is 11.5 Å². The molecule has 0 atom stereocenters. The van der Waals surface area contributed by atoms with Crippen LogP contribution in [0, 0.1) is 0 Å². The van der Waals surface area contributed by atoms with Crippen LogP contribution in [0.15, 0.2) is 52.5 Å². The third-order valence-corrected chi connectivity index (χ3v) is 6.45. The number of amides is 1. The number of aromatic nitrogens is 5. The highest BCUT2D eigenvalue weighted by molar-refractivity contribution is 7.89. The van der Waals surface area contributed by atoms with E-state index in [1.807, 2.05) is 27.7 Å². The maximum atomic E-state index is 12.1. The van der Waals surface area contributed by atoms with Gasteiger partial charge >= 0.3 is 0 Å². The Bertz CT molecular complexity index is 1550. The molecule has 0 unspecified atom stereocenters. The monoisotopic (exact) mass is 557 g/mol. The Balaban J connectivity index is 0.00000205. The molecule has 0 saturated heterocycles. The Labute approximate surface area is 226 Å². The van der Waals surface area contributed by atoms with Crippen LogP contribution in [0.3, 0.4) is 0 Å². The number of nitrogens with one attached hydrogen (secondary N) is 3. The van der Waals surface area contributed by atoms with E-state index in [-0.39, 0.29) is 40.0 Å². The molecule has 0 spiro atoms. The SMILES string of the molecule is CC.CNS(=O)(=O)c1coc(-c2cccc(Nc3nc(Nc4cnn(C(C)C)c4)ncc3C(N)=O)c2OC)n1. The van der Waals surface area contributed by atoms with Crippen molar-refractivity contribution in [1.29, 1.82) is 0 Å². The molecule has 1 amide bonds. The van der Waals surface area contributed by atoms with Gasteiger partial charge in [-0.15, -0.1) is 0 Å². The first-order valence-electron chi connectivity index (χ1n) is 11.9. The molecule has 0 saturated carbocycles. The molecule has 4 aromatic rings. The summed E-state index contributed by atoms with van der Waals surface area (Å²) in [5.41, 5.74) is 6.98. The third kappa shape index (κ3) is 6.50. The van der Waals surface area contributed by atoms with Gasteiger partial charge in [0.2, 0.25) is 16.9 Å². The fourth-order valence-corrected chi connectivity index (χ4v) is 3.88. The second kappa shape index (κ2) is 12.4. The first-order valence-corrected chi connectivity index (χ1v) is 13.4. The molecular weight excluding hydrogens is 526 g/mol. The van der Waals surface area contributed by atoms with Crippen LogP contribution in [0.1, 0.15) is 44.1 Å². The van der Waals surface area contributed by atoms with Gasteiger partial charge in [-0.05, 0) is 33.0 Å². The summed E-state index contributed by atoms with van der Waals surface area (Å²) in [6.45, 7) is 7.99. The molecule has 0 aliphatic carbocycles. The van der Waals surface area contributed by atoms with Crippen LogP contribution >= 0.6 is 0 Å². The second-order valence-electron chi connectivity index (χ2n) is 7.96. The van der Waals surface area contributed by atoms with Gasteiger partial charge in [0.25, 0.3) is 15.9 Å². The van der Waals surface area contributed by atoms with E-state index in [0.717, 1.165) is 6.26 Å². The second-order valence-corrected chi connectivity index (χ2v) is 9.79. The summed E-state index contributed by atoms with van der Waals surface area (Å²) in [7, 11) is -1.11. The Hall–Kier alpha value is -4.50. The number of carbonyl (C=O) groups is 1. The van der Waals surface area contributed by atoms with Gasteiger partial charge in [0, 0.05) is 18.4 Å². The van der Waals surface area contributed by atoms with Gasteiger partial charge < -0.3 is 25.5 Å². The molecule has 0 aliphatic rings. The van der Waals surface area contributed by atoms with Gasteiger partial charge in [0.15, 0.2) is 5.75 Å². The van der Waals surface area contributed by atoms with Crippen molar-refractivity contribution in [1.82, 2.24) is 29.5 Å². The van der Waals surface area contributed by atoms with E-state index in [1.165, 1.54) is 20.4 Å². The zero-order valence-electron chi connectivity index (χ0n) is 22.4. The number of nitrogens with zero attached hydrogens (tertiary/aromatic N) is 5. The molecule has 39 heavy (non-hydrogen) atoms. The van der Waals surface area contributed by atoms with Crippen LogP contribution in [-0.4, -0.2) is 53.2 Å². The Morgan fingerprint density at radius 3 is 2.51 bits per heavy atom. The first kappa shape index (κ1) is 29.1. The minimum Gasteiger partial charge on any atom is -0.494 e. The molecule has 5 N–H and O–H groups in total. The summed E-state index contributed by atoms with van der Waals surface area (Å²) >= 11 is 0. The van der Waals surface area contributed by atoms with E-state index in [9.17, 15) is 13.2 Å². The number of rotatable bonds is 10. The molecule has 1 aromatic carbocycles. The highest BCUT2D eigenvalue weighted by Gasteiger charge is 2.22. The lowest BCUT2D eigenvalue weighted by Crippen LogP contribution is -2.18. The summed E-state index contributed by atoms with van der Waals surface area (Å²) in [6, 6.07) is 5.15. The lowest BCUT2D eigenvalue weighted by atomic mass is 10.1. The van der Waals surface area contributed by atoms with Gasteiger partial charge in [0.05, 0.1) is 30.2 Å². The Kier molecular flexibility index (Phi) is 9.21. The van der Waals surface area contributed by atoms with Crippen LogP contribution in [0.2, 0.25) is 0 Å². The fraction of sp³-hybridized carbons (Fsp3) is 0.292. The fourth-order valence-electron chi connectivity index (χ4n) is 3.29. The Morgan fingerprint density at radius 1 is 1.15 bits per heavy atom. The molecule has 14 nitrogen and oxygen atoms in total. The van der Waals surface area contributed by atoms with Gasteiger partial charge in [-0.3, -0.25) is 9.48 Å². The molecule has 0 aliphatic heterocycles. The number of benzene rings is 1. The van der Waals surface area contributed by atoms with Gasteiger partial charge in [-0.2, -0.15) is 15.1 Å². The van der Waals surface area contributed by atoms with E-state index >= 15 is 0 Å². The van der Waals surface area contributed by atoms with Crippen LogP contribution in [-0.2, 0) is 10.0 Å². The topological polar surface area (TPSA) is 192 Å². The van der Waals surface area contributed by atoms with Crippen molar-refractivity contribution in [2.45, 2.75) is 38.8 Å². The van der Waals surface area contributed by atoms with E-state index in [0.29, 0.717) is 16.9 Å². The van der Waals surface area contributed by atoms with Crippen molar-refractivity contribution in [2.75, 3.05) is 24.8 Å². The van der Waals surface area contributed by atoms with E-state index in [2.05, 4.69) is 35.4 Å². The quantitative estimate of drug-likeness (QED) is 0.223. The molecule has 0 radical (unpaired) electrons. The van der Waals surface area contributed by atoms with E-state index in [1.54, 1.807) is 35.3 Å². The zero-order valence-corrected chi connectivity index (χ0v) is 23.2. The first-order chi connectivity index (χ1) is 18.6. The predicted octanol–water partition coefficient (Wildman–Crippen LogP) is 3.44. The van der Waals surface area contributed by atoms with Crippen LogP contribution in [0.5, 0.6) is 5.75 Å². The van der Waals surface area contributed by atoms with Crippen LogP contribution < -0.4 is 25.8 Å². The number of primary amides is 1. The number of oxazole rings is 1. The molecule has 0 bridgehead atoms. The number of hydrogen-bond acceptors (Lipinski definition) is 11. The smallest absolute Gasteiger partial charge is 0.261 e. The van der Waals surface area contributed by atoms with Crippen molar-refractivity contribution in [3.63, 3.8) is 0 Å². The Morgan fingerprint density at radius 2 is 1.90 bits per heavy atom. The highest BCUT2D eigenvalue weighted by Crippen LogP contribution is 2.38. The number of hydrogen-bond donors (Lipinski definition) is 4. The van der Waals surface area contributed by atoms with Gasteiger partial charge in [-0.1, -0.05) is 19.9 Å². The van der Waals surface area contributed by atoms with E-state index in [4.69, 9.17) is 14.9 Å². The minimum atomic E-state index is -3.81. The third-order valence-electron chi connectivity index (χ3n) is 5.17. The van der Waals surface area contributed by atoms with Crippen molar-refractivity contribution in [3.05, 3.63) is 48.6 Å². The lowest BCUT2D eigenvalue weighted by Gasteiger charge is -2.15. The van der Waals surface area contributed by atoms with Crippen molar-refractivity contribution >= 4 is 39.1 Å². The number of ether oxygens (including phenoxy) is 1. The summed E-state index contributed by atoms with van der Waals surface area (Å²) in [5, 5.41) is 10.1. The maximum absolute atomic E-state index is 12.1. The van der Waals surface area contributed by atoms with Crippen molar-refractivity contribution < 1.29 is 22.4 Å². The predicted molar refractivity (Wildman–Crippen MR) is 146 cm³/mol. The maximum Gasteiger partial charge on any atom is 0.261 e. The number of carbonyl (C=O) groups excluding carboxylic acids is 1. The molecule has 15 heteroatoms. The summed E-state index contributed by atoms with van der Waals surface area (Å²) in [5.74, 6) is -0.161. The summed E-state index contributed by atoms with van der Waals surface area (Å²) in [6.07, 6.45) is 5.75. The summed E-state index contributed by atoms with van der Waals surface area (Å²) in [4.78, 5) is 24.7. The number of nitrogens with two attached hydrogens (primary N) is 1. The number of sulfonamides is 1. The van der Waals surface area contributed by atoms with Gasteiger partial charge in [0.1, 0.15) is 17.6 Å². The average molecular weight is 558 g/mol. The zero-order chi connectivity index (χ0) is 28.7.